The Bertz CT molecular complexity index is 898. The Kier molecular flexibility index (Phi) is 4.48. The number of nitrogens with one attached hydrogen (secondary N) is 1. The van der Waals surface area contributed by atoms with Gasteiger partial charge in [-0.2, -0.15) is 4.98 Å². The number of amides is 1. The van der Waals surface area contributed by atoms with Crippen LogP contribution in [0.2, 0.25) is 0 Å². The molecular weight excluding hydrogens is 336 g/mol. The first-order valence-electron chi connectivity index (χ1n) is 8.47. The van der Waals surface area contributed by atoms with Crippen molar-refractivity contribution in [2.75, 3.05) is 12.3 Å². The molecule has 7 heteroatoms. The zero-order valence-electron chi connectivity index (χ0n) is 14.1. The van der Waals surface area contributed by atoms with Crippen molar-refractivity contribution in [1.82, 2.24) is 20.0 Å². The van der Waals surface area contributed by atoms with E-state index in [0.717, 1.165) is 23.6 Å². The van der Waals surface area contributed by atoms with Gasteiger partial charge in [-0.15, -0.1) is 11.8 Å². The van der Waals surface area contributed by atoms with E-state index in [0.29, 0.717) is 30.5 Å². The van der Waals surface area contributed by atoms with Crippen LogP contribution < -0.4 is 5.32 Å². The fourth-order valence-electron chi connectivity index (χ4n) is 2.80. The number of rotatable bonds is 7. The Hall–Kier alpha value is -2.28. The normalized spacial score (nSPS) is 14.1. The molecule has 1 aromatic carbocycles. The molecule has 130 valence electrons. The van der Waals surface area contributed by atoms with Crippen LogP contribution in [-0.2, 0) is 18.3 Å². The number of benzene rings is 1. The third kappa shape index (κ3) is 3.71. The van der Waals surface area contributed by atoms with Crippen LogP contribution in [-0.4, -0.2) is 32.9 Å². The summed E-state index contributed by atoms with van der Waals surface area (Å²) in [5.41, 5.74) is 1.17. The van der Waals surface area contributed by atoms with Crippen molar-refractivity contribution in [3.05, 3.63) is 42.2 Å². The molecule has 0 bridgehead atoms. The van der Waals surface area contributed by atoms with Crippen LogP contribution in [0.5, 0.6) is 0 Å². The first-order valence-corrected chi connectivity index (χ1v) is 9.45. The van der Waals surface area contributed by atoms with E-state index in [-0.39, 0.29) is 5.91 Å². The summed E-state index contributed by atoms with van der Waals surface area (Å²) in [6.45, 7) is 0.515. The van der Waals surface area contributed by atoms with Gasteiger partial charge in [-0.3, -0.25) is 4.79 Å². The number of carbonyl (C=O) groups excluding carboxylic acids is 1. The number of hydrogen-bond acceptors (Lipinski definition) is 5. The van der Waals surface area contributed by atoms with Gasteiger partial charge in [0.2, 0.25) is 11.8 Å². The minimum absolute atomic E-state index is 0.0138. The Balaban J connectivity index is 1.25. The summed E-state index contributed by atoms with van der Waals surface area (Å²) in [4.78, 5) is 17.6. The standard InChI is InChI=1S/C18H20N4O2S/c1-22-10-15(13-4-2-3-5-14(13)22)25-11-16(23)19-9-8-17-20-18(21-24-17)12-6-7-12/h2-5,10,12H,6-9,11H2,1H3,(H,19,23). The Labute approximate surface area is 150 Å². The molecule has 25 heavy (non-hydrogen) atoms. The van der Waals surface area contributed by atoms with E-state index in [1.54, 1.807) is 11.8 Å². The first kappa shape index (κ1) is 16.2. The van der Waals surface area contributed by atoms with Gasteiger partial charge in [0.25, 0.3) is 0 Å². The molecule has 1 saturated carbocycles. The largest absolute Gasteiger partial charge is 0.355 e. The predicted octanol–water partition coefficient (Wildman–Crippen LogP) is 2.89. The number of aryl methyl sites for hydroxylation is 1. The summed E-state index contributed by atoms with van der Waals surface area (Å²) in [7, 11) is 2.02. The topological polar surface area (TPSA) is 73.0 Å². The number of fused-ring (bicyclic) bond motifs is 1. The van der Waals surface area contributed by atoms with E-state index in [1.165, 1.54) is 10.9 Å². The van der Waals surface area contributed by atoms with E-state index in [2.05, 4.69) is 38.4 Å². The van der Waals surface area contributed by atoms with E-state index in [1.807, 2.05) is 19.2 Å². The van der Waals surface area contributed by atoms with E-state index < -0.39 is 0 Å². The zero-order chi connectivity index (χ0) is 17.2. The lowest BCUT2D eigenvalue weighted by Gasteiger charge is -2.03. The average Bonchev–Trinajstić information content (AvgIpc) is 3.28. The summed E-state index contributed by atoms with van der Waals surface area (Å²) in [5.74, 6) is 2.31. The van der Waals surface area contributed by atoms with E-state index >= 15 is 0 Å². The quantitative estimate of drug-likeness (QED) is 0.659. The number of thioether (sulfide) groups is 1. The van der Waals surface area contributed by atoms with Crippen molar-refractivity contribution in [3.8, 4) is 0 Å². The highest BCUT2D eigenvalue weighted by Crippen LogP contribution is 2.38. The SMILES string of the molecule is Cn1cc(SCC(=O)NCCc2nc(C3CC3)no2)c2ccccc21. The van der Waals surface area contributed by atoms with Crippen molar-refractivity contribution < 1.29 is 9.32 Å². The summed E-state index contributed by atoms with van der Waals surface area (Å²) >= 11 is 1.56. The molecule has 2 heterocycles. The number of carbonyl (C=O) groups is 1. The molecule has 1 aliphatic rings. The summed E-state index contributed by atoms with van der Waals surface area (Å²) < 4.78 is 7.29. The van der Waals surface area contributed by atoms with Crippen molar-refractivity contribution in [1.29, 1.82) is 0 Å². The molecule has 4 rings (SSSR count). The molecule has 0 unspecified atom stereocenters. The van der Waals surface area contributed by atoms with Gasteiger partial charge in [0, 0.05) is 47.9 Å². The smallest absolute Gasteiger partial charge is 0.230 e. The molecule has 0 radical (unpaired) electrons. The number of nitrogens with zero attached hydrogens (tertiary/aromatic N) is 3. The fourth-order valence-corrected chi connectivity index (χ4v) is 3.75. The summed E-state index contributed by atoms with van der Waals surface area (Å²) in [6.07, 6.45) is 4.95. The molecule has 1 amide bonds. The molecule has 0 aliphatic heterocycles. The van der Waals surface area contributed by atoms with Gasteiger partial charge in [-0.05, 0) is 18.9 Å². The van der Waals surface area contributed by atoms with Crippen LogP contribution in [0.1, 0.15) is 30.5 Å². The number of para-hydroxylation sites is 1. The first-order chi connectivity index (χ1) is 12.2. The van der Waals surface area contributed by atoms with Gasteiger partial charge < -0.3 is 14.4 Å². The molecule has 1 fully saturated rings. The second-order valence-electron chi connectivity index (χ2n) is 6.33. The minimum atomic E-state index is 0.0138. The molecule has 2 aromatic heterocycles. The van der Waals surface area contributed by atoms with E-state index in [9.17, 15) is 4.79 Å². The molecule has 6 nitrogen and oxygen atoms in total. The monoisotopic (exact) mass is 356 g/mol. The van der Waals surface area contributed by atoms with Crippen molar-refractivity contribution >= 4 is 28.6 Å². The van der Waals surface area contributed by atoms with Gasteiger partial charge in [0.1, 0.15) is 0 Å². The molecule has 1 aliphatic carbocycles. The van der Waals surface area contributed by atoms with Crippen LogP contribution in [0.25, 0.3) is 10.9 Å². The maximum absolute atomic E-state index is 12.1. The zero-order valence-corrected chi connectivity index (χ0v) is 14.9. The lowest BCUT2D eigenvalue weighted by molar-refractivity contribution is -0.118. The van der Waals surface area contributed by atoms with E-state index in [4.69, 9.17) is 4.52 Å². The van der Waals surface area contributed by atoms with Crippen LogP contribution in [0, 0.1) is 0 Å². The van der Waals surface area contributed by atoms with Gasteiger partial charge >= 0.3 is 0 Å². The minimum Gasteiger partial charge on any atom is -0.355 e. The summed E-state index contributed by atoms with van der Waals surface area (Å²) in [6, 6.07) is 8.21. The molecule has 0 atom stereocenters. The third-order valence-corrected chi connectivity index (χ3v) is 5.35. The third-order valence-electron chi connectivity index (χ3n) is 4.31. The van der Waals surface area contributed by atoms with Crippen molar-refractivity contribution in [2.24, 2.45) is 7.05 Å². The maximum atomic E-state index is 12.1. The van der Waals surface area contributed by atoms with Gasteiger partial charge in [-0.1, -0.05) is 23.4 Å². The number of aromatic nitrogens is 3. The molecule has 3 aromatic rings. The van der Waals surface area contributed by atoms with Crippen LogP contribution in [0.4, 0.5) is 0 Å². The second kappa shape index (κ2) is 6.92. The van der Waals surface area contributed by atoms with Crippen LogP contribution in [0.3, 0.4) is 0 Å². The van der Waals surface area contributed by atoms with Crippen molar-refractivity contribution in [2.45, 2.75) is 30.1 Å². The Morgan fingerprint density at radius 2 is 2.24 bits per heavy atom. The molecule has 0 saturated heterocycles. The average molecular weight is 356 g/mol. The van der Waals surface area contributed by atoms with Gasteiger partial charge in [-0.25, -0.2) is 0 Å². The van der Waals surface area contributed by atoms with Gasteiger partial charge in [0.05, 0.1) is 5.75 Å². The highest BCUT2D eigenvalue weighted by atomic mass is 32.2. The van der Waals surface area contributed by atoms with Gasteiger partial charge in [0.15, 0.2) is 5.82 Å². The number of hydrogen-bond donors (Lipinski definition) is 1. The lowest BCUT2D eigenvalue weighted by atomic mass is 10.2. The van der Waals surface area contributed by atoms with Crippen LogP contribution in [0.15, 0.2) is 39.9 Å². The lowest BCUT2D eigenvalue weighted by Crippen LogP contribution is -2.27. The Morgan fingerprint density at radius 3 is 3.08 bits per heavy atom. The van der Waals surface area contributed by atoms with Crippen molar-refractivity contribution in [3.63, 3.8) is 0 Å². The van der Waals surface area contributed by atoms with Crippen LogP contribution >= 0.6 is 11.8 Å². The molecule has 0 spiro atoms. The maximum Gasteiger partial charge on any atom is 0.230 e. The summed E-state index contributed by atoms with van der Waals surface area (Å²) in [5, 5.41) is 8.08. The molecule has 1 N–H and O–H groups in total. The fraction of sp³-hybridized carbons (Fsp3) is 0.389. The Morgan fingerprint density at radius 1 is 1.40 bits per heavy atom. The highest BCUT2D eigenvalue weighted by molar-refractivity contribution is 8.00. The second-order valence-corrected chi connectivity index (χ2v) is 7.35. The highest BCUT2D eigenvalue weighted by Gasteiger charge is 2.28. The predicted molar refractivity (Wildman–Crippen MR) is 96.6 cm³/mol. The molecular formula is C18H20N4O2S.